The molecule has 1 aliphatic rings. The summed E-state index contributed by atoms with van der Waals surface area (Å²) in [5, 5.41) is 5.35. The zero-order valence-electron chi connectivity index (χ0n) is 16.7. The van der Waals surface area contributed by atoms with Crippen molar-refractivity contribution in [1.82, 2.24) is 19.7 Å². The number of hydrogen-bond donors (Lipinski definition) is 0. The average molecular weight is 378 g/mol. The van der Waals surface area contributed by atoms with Crippen LogP contribution in [0.2, 0.25) is 0 Å². The van der Waals surface area contributed by atoms with Crippen LogP contribution in [0, 0.1) is 6.92 Å². The Kier molecular flexibility index (Phi) is 5.03. The number of methoxy groups -OCH3 is 1. The predicted octanol–water partition coefficient (Wildman–Crippen LogP) is 4.04. The number of pyridine rings is 1. The molecule has 146 valence electrons. The summed E-state index contributed by atoms with van der Waals surface area (Å²) in [5.41, 5.74) is 3.48. The van der Waals surface area contributed by atoms with Gasteiger partial charge in [0, 0.05) is 25.2 Å². The summed E-state index contributed by atoms with van der Waals surface area (Å²) in [6, 6.07) is 10.1. The molecule has 1 fully saturated rings. The van der Waals surface area contributed by atoms with Crippen LogP contribution >= 0.6 is 0 Å². The van der Waals surface area contributed by atoms with Gasteiger partial charge in [0.2, 0.25) is 0 Å². The molecule has 1 atom stereocenters. The van der Waals surface area contributed by atoms with E-state index in [4.69, 9.17) is 4.74 Å². The van der Waals surface area contributed by atoms with Gasteiger partial charge in [0.25, 0.3) is 5.91 Å². The molecule has 3 heterocycles. The normalized spacial score (nSPS) is 17.5. The van der Waals surface area contributed by atoms with Crippen LogP contribution < -0.4 is 4.74 Å². The highest BCUT2D eigenvalue weighted by Gasteiger charge is 2.28. The van der Waals surface area contributed by atoms with E-state index in [1.54, 1.807) is 18.0 Å². The number of rotatable bonds is 3. The molecule has 0 bridgehead atoms. The van der Waals surface area contributed by atoms with Crippen molar-refractivity contribution < 1.29 is 9.53 Å². The third-order valence-corrected chi connectivity index (χ3v) is 5.62. The molecule has 1 unspecified atom stereocenters. The van der Waals surface area contributed by atoms with Gasteiger partial charge in [-0.1, -0.05) is 25.0 Å². The number of fused-ring (bicyclic) bond motifs is 1. The second-order valence-corrected chi connectivity index (χ2v) is 7.44. The van der Waals surface area contributed by atoms with Crippen LogP contribution in [0.25, 0.3) is 11.0 Å². The molecular formula is C22H26N4O2. The lowest BCUT2D eigenvalue weighted by Gasteiger charge is -2.30. The molecule has 0 N–H and O–H groups in total. The maximum Gasteiger partial charge on any atom is 0.255 e. The second-order valence-electron chi connectivity index (χ2n) is 7.44. The van der Waals surface area contributed by atoms with E-state index < -0.39 is 0 Å². The number of carbonyl (C=O) groups is 1. The number of amides is 1. The Hall–Kier alpha value is -2.89. The lowest BCUT2D eigenvalue weighted by atomic mass is 10.00. The van der Waals surface area contributed by atoms with E-state index in [0.29, 0.717) is 5.56 Å². The molecule has 0 saturated carbocycles. The Morgan fingerprint density at radius 3 is 2.71 bits per heavy atom. The van der Waals surface area contributed by atoms with Crippen LogP contribution in [0.3, 0.4) is 0 Å². The van der Waals surface area contributed by atoms with Gasteiger partial charge in [-0.3, -0.25) is 9.48 Å². The molecule has 0 radical (unpaired) electrons. The summed E-state index contributed by atoms with van der Waals surface area (Å²) >= 11 is 0. The van der Waals surface area contributed by atoms with E-state index in [0.717, 1.165) is 60.3 Å². The summed E-state index contributed by atoms with van der Waals surface area (Å²) in [5.74, 6) is 0.873. The van der Waals surface area contributed by atoms with Crippen molar-refractivity contribution in [2.75, 3.05) is 13.7 Å². The third kappa shape index (κ3) is 3.35. The first-order chi connectivity index (χ1) is 13.6. The number of benzene rings is 1. The molecule has 1 amide bonds. The Morgan fingerprint density at radius 1 is 1.18 bits per heavy atom. The fourth-order valence-electron chi connectivity index (χ4n) is 4.11. The zero-order valence-corrected chi connectivity index (χ0v) is 16.7. The molecule has 1 saturated heterocycles. The number of aryl methyl sites for hydroxylation is 2. The molecule has 0 aliphatic carbocycles. The number of nitrogens with zero attached hydrogens (tertiary/aromatic N) is 4. The largest absolute Gasteiger partial charge is 0.497 e. The fourth-order valence-corrected chi connectivity index (χ4v) is 4.11. The lowest BCUT2D eigenvalue weighted by molar-refractivity contribution is 0.0680. The van der Waals surface area contributed by atoms with Crippen LogP contribution in [-0.4, -0.2) is 39.2 Å². The van der Waals surface area contributed by atoms with Gasteiger partial charge in [-0.25, -0.2) is 4.98 Å². The van der Waals surface area contributed by atoms with Gasteiger partial charge in [0.15, 0.2) is 5.65 Å². The summed E-state index contributed by atoms with van der Waals surface area (Å²) < 4.78 is 7.04. The van der Waals surface area contributed by atoms with E-state index in [-0.39, 0.29) is 11.9 Å². The number of aromatic nitrogens is 3. The summed E-state index contributed by atoms with van der Waals surface area (Å²) in [6.45, 7) is 2.71. The van der Waals surface area contributed by atoms with Crippen molar-refractivity contribution in [3.63, 3.8) is 0 Å². The highest BCUT2D eigenvalue weighted by atomic mass is 16.5. The Bertz CT molecular complexity index is 994. The smallest absolute Gasteiger partial charge is 0.255 e. The minimum atomic E-state index is 0.0420. The van der Waals surface area contributed by atoms with Crippen molar-refractivity contribution >= 4 is 16.9 Å². The Morgan fingerprint density at radius 2 is 1.96 bits per heavy atom. The molecule has 28 heavy (non-hydrogen) atoms. The maximum absolute atomic E-state index is 13.5. The molecule has 6 heteroatoms. The van der Waals surface area contributed by atoms with E-state index >= 15 is 0 Å². The van der Waals surface area contributed by atoms with Gasteiger partial charge in [0.1, 0.15) is 5.75 Å². The van der Waals surface area contributed by atoms with Crippen molar-refractivity contribution in [2.24, 2.45) is 7.05 Å². The monoisotopic (exact) mass is 378 g/mol. The SMILES string of the molecule is COc1ccc(C2CCCCCN2C(=O)c2cnc3c(c2)c(C)nn3C)cc1. The first kappa shape index (κ1) is 18.5. The standard InChI is InChI=1S/C22H26N4O2/c1-15-19-13-17(14-23-21(19)25(2)24-15)22(27)26-12-6-4-5-7-20(26)16-8-10-18(28-3)11-9-16/h8-11,13-14,20H,4-7,12H2,1-3H3. The van der Waals surface area contributed by atoms with Crippen LogP contribution in [0.5, 0.6) is 5.75 Å². The van der Waals surface area contributed by atoms with Gasteiger partial charge >= 0.3 is 0 Å². The summed E-state index contributed by atoms with van der Waals surface area (Å²) in [7, 11) is 3.54. The lowest BCUT2D eigenvalue weighted by Crippen LogP contribution is -2.34. The quantitative estimate of drug-likeness (QED) is 0.690. The molecule has 4 rings (SSSR count). The fraction of sp³-hybridized carbons (Fsp3) is 0.409. The van der Waals surface area contributed by atoms with Crippen molar-refractivity contribution in [1.29, 1.82) is 0 Å². The average Bonchev–Trinajstić information content (AvgIpc) is 2.89. The molecule has 1 aromatic carbocycles. The van der Waals surface area contributed by atoms with Gasteiger partial charge in [0.05, 0.1) is 24.4 Å². The molecule has 2 aromatic heterocycles. The molecule has 0 spiro atoms. The van der Waals surface area contributed by atoms with E-state index in [9.17, 15) is 4.79 Å². The predicted molar refractivity (Wildman–Crippen MR) is 108 cm³/mol. The van der Waals surface area contributed by atoms with Crippen LogP contribution in [-0.2, 0) is 7.05 Å². The molecule has 1 aliphatic heterocycles. The van der Waals surface area contributed by atoms with Crippen LogP contribution in [0.15, 0.2) is 36.5 Å². The molecule has 6 nitrogen and oxygen atoms in total. The summed E-state index contributed by atoms with van der Waals surface area (Å²) in [4.78, 5) is 20.0. The summed E-state index contributed by atoms with van der Waals surface area (Å²) in [6.07, 6.45) is 5.95. The van der Waals surface area contributed by atoms with Gasteiger partial charge in [-0.2, -0.15) is 5.10 Å². The van der Waals surface area contributed by atoms with Crippen molar-refractivity contribution in [3.8, 4) is 5.75 Å². The van der Waals surface area contributed by atoms with E-state index in [1.807, 2.05) is 37.1 Å². The van der Waals surface area contributed by atoms with Crippen LogP contribution in [0.1, 0.15) is 53.3 Å². The van der Waals surface area contributed by atoms with Crippen LogP contribution in [0.4, 0.5) is 0 Å². The third-order valence-electron chi connectivity index (χ3n) is 5.62. The Labute approximate surface area is 165 Å². The van der Waals surface area contributed by atoms with E-state index in [1.165, 1.54) is 0 Å². The van der Waals surface area contributed by atoms with Gasteiger partial charge < -0.3 is 9.64 Å². The zero-order chi connectivity index (χ0) is 19.7. The van der Waals surface area contributed by atoms with Gasteiger partial charge in [-0.05, 0) is 43.5 Å². The number of hydrogen-bond acceptors (Lipinski definition) is 4. The number of carbonyl (C=O) groups excluding carboxylic acids is 1. The van der Waals surface area contributed by atoms with Crippen molar-refractivity contribution in [2.45, 2.75) is 38.6 Å². The second kappa shape index (κ2) is 7.62. The highest BCUT2D eigenvalue weighted by Crippen LogP contribution is 2.32. The minimum absolute atomic E-state index is 0.0420. The number of likely N-dealkylation sites (tertiary alicyclic amines) is 1. The minimum Gasteiger partial charge on any atom is -0.497 e. The van der Waals surface area contributed by atoms with E-state index in [2.05, 4.69) is 22.2 Å². The van der Waals surface area contributed by atoms with Crippen molar-refractivity contribution in [3.05, 3.63) is 53.3 Å². The van der Waals surface area contributed by atoms with Gasteiger partial charge in [-0.15, -0.1) is 0 Å². The first-order valence-corrected chi connectivity index (χ1v) is 9.83. The highest BCUT2D eigenvalue weighted by molar-refractivity contribution is 5.97. The number of ether oxygens (including phenoxy) is 1. The molecule has 3 aromatic rings. The molecular weight excluding hydrogens is 352 g/mol. The first-order valence-electron chi connectivity index (χ1n) is 9.83. The topological polar surface area (TPSA) is 60.2 Å². The Balaban J connectivity index is 1.69. The maximum atomic E-state index is 13.5.